The van der Waals surface area contributed by atoms with Gasteiger partial charge in [-0.3, -0.25) is 4.79 Å². The first-order valence-electron chi connectivity index (χ1n) is 6.77. The van der Waals surface area contributed by atoms with Gasteiger partial charge in [-0.1, -0.05) is 35.9 Å². The van der Waals surface area contributed by atoms with E-state index in [4.69, 9.17) is 16.3 Å². The van der Waals surface area contributed by atoms with Crippen LogP contribution < -0.4 is 4.74 Å². The number of halogens is 2. The summed E-state index contributed by atoms with van der Waals surface area (Å²) in [6.07, 6.45) is 0.123. The second-order valence-electron chi connectivity index (χ2n) is 4.74. The van der Waals surface area contributed by atoms with Crippen LogP contribution in [0.15, 0.2) is 58.4 Å². The Labute approximate surface area is 151 Å². The summed E-state index contributed by atoms with van der Waals surface area (Å²) in [5, 5.41) is 3.35. The molecule has 0 saturated heterocycles. The number of hydrogen-bond donors (Lipinski definition) is 0. The van der Waals surface area contributed by atoms with Gasteiger partial charge in [-0.25, -0.2) is 4.98 Å². The Bertz CT molecular complexity index is 850. The second-order valence-corrected chi connectivity index (χ2v) is 6.88. The van der Waals surface area contributed by atoms with Crippen molar-refractivity contribution >= 4 is 44.8 Å². The summed E-state index contributed by atoms with van der Waals surface area (Å²) in [6, 6.07) is 14.7. The van der Waals surface area contributed by atoms with Crippen LogP contribution in [-0.2, 0) is 11.2 Å². The molecular formula is C17H11BrClNO2S. The topological polar surface area (TPSA) is 39.2 Å². The number of carbonyl (C=O) groups excluding carboxylic acids is 1. The third-order valence-electron chi connectivity index (χ3n) is 3.01. The molecule has 0 spiro atoms. The predicted octanol–water partition coefficient (Wildman–Crippen LogP) is 5.37. The van der Waals surface area contributed by atoms with Crippen LogP contribution in [0.25, 0.3) is 10.6 Å². The SMILES string of the molecule is O=C(Cc1csc(-c2cccc(Cl)c2)n1)Oc1ccccc1Br. The lowest BCUT2D eigenvalue weighted by Crippen LogP contribution is -2.11. The number of thiazole rings is 1. The number of ether oxygens (including phenoxy) is 1. The molecule has 2 aromatic carbocycles. The lowest BCUT2D eigenvalue weighted by Gasteiger charge is -2.04. The third kappa shape index (κ3) is 4.19. The van der Waals surface area contributed by atoms with Crippen LogP contribution in [0.3, 0.4) is 0 Å². The van der Waals surface area contributed by atoms with Gasteiger partial charge in [0.1, 0.15) is 10.8 Å². The van der Waals surface area contributed by atoms with E-state index < -0.39 is 0 Å². The summed E-state index contributed by atoms with van der Waals surface area (Å²) in [6.45, 7) is 0. The van der Waals surface area contributed by atoms with Gasteiger partial charge in [-0.15, -0.1) is 11.3 Å². The Morgan fingerprint density at radius 3 is 2.83 bits per heavy atom. The van der Waals surface area contributed by atoms with E-state index in [2.05, 4.69) is 20.9 Å². The summed E-state index contributed by atoms with van der Waals surface area (Å²) >= 11 is 10.8. The van der Waals surface area contributed by atoms with Gasteiger partial charge in [0.15, 0.2) is 0 Å². The molecule has 23 heavy (non-hydrogen) atoms. The summed E-state index contributed by atoms with van der Waals surface area (Å²) in [5.41, 5.74) is 1.62. The van der Waals surface area contributed by atoms with E-state index in [-0.39, 0.29) is 12.4 Å². The Balaban J connectivity index is 1.69. The quantitative estimate of drug-likeness (QED) is 0.430. The molecule has 116 valence electrons. The third-order valence-corrected chi connectivity index (χ3v) is 4.84. The molecule has 3 aromatic rings. The van der Waals surface area contributed by atoms with Crippen LogP contribution in [0.4, 0.5) is 0 Å². The number of rotatable bonds is 4. The van der Waals surface area contributed by atoms with Crippen molar-refractivity contribution in [1.82, 2.24) is 4.98 Å². The van der Waals surface area contributed by atoms with Crippen LogP contribution in [0, 0.1) is 0 Å². The van der Waals surface area contributed by atoms with Gasteiger partial charge in [-0.2, -0.15) is 0 Å². The molecule has 0 atom stereocenters. The maximum Gasteiger partial charge on any atom is 0.317 e. The minimum Gasteiger partial charge on any atom is -0.425 e. The lowest BCUT2D eigenvalue weighted by atomic mass is 10.2. The fraction of sp³-hybridized carbons (Fsp3) is 0.0588. The van der Waals surface area contributed by atoms with E-state index in [1.165, 1.54) is 11.3 Å². The minimum atomic E-state index is -0.347. The van der Waals surface area contributed by atoms with Gasteiger partial charge in [0.25, 0.3) is 0 Å². The van der Waals surface area contributed by atoms with E-state index in [0.717, 1.165) is 15.0 Å². The molecular weight excluding hydrogens is 398 g/mol. The molecule has 0 aliphatic heterocycles. The minimum absolute atomic E-state index is 0.123. The lowest BCUT2D eigenvalue weighted by molar-refractivity contribution is -0.133. The Hall–Kier alpha value is -1.69. The molecule has 0 unspecified atom stereocenters. The first-order valence-corrected chi connectivity index (χ1v) is 8.82. The number of benzene rings is 2. The van der Waals surface area contributed by atoms with Crippen molar-refractivity contribution in [2.24, 2.45) is 0 Å². The molecule has 1 aromatic heterocycles. The fourth-order valence-electron chi connectivity index (χ4n) is 1.98. The van der Waals surface area contributed by atoms with Crippen molar-refractivity contribution in [1.29, 1.82) is 0 Å². The highest BCUT2D eigenvalue weighted by Crippen LogP contribution is 2.27. The monoisotopic (exact) mass is 407 g/mol. The van der Waals surface area contributed by atoms with Crippen molar-refractivity contribution in [3.8, 4) is 16.3 Å². The molecule has 0 fully saturated rings. The normalized spacial score (nSPS) is 10.5. The molecule has 0 amide bonds. The number of esters is 1. The summed E-state index contributed by atoms with van der Waals surface area (Å²) in [5.74, 6) is 0.155. The molecule has 0 aliphatic carbocycles. The first-order chi connectivity index (χ1) is 11.1. The van der Waals surface area contributed by atoms with Crippen molar-refractivity contribution in [3.63, 3.8) is 0 Å². The molecule has 3 nitrogen and oxygen atoms in total. The average molecular weight is 409 g/mol. The van der Waals surface area contributed by atoms with Crippen molar-refractivity contribution < 1.29 is 9.53 Å². The van der Waals surface area contributed by atoms with Crippen molar-refractivity contribution in [2.45, 2.75) is 6.42 Å². The van der Waals surface area contributed by atoms with Gasteiger partial charge in [0.2, 0.25) is 0 Å². The van der Waals surface area contributed by atoms with Gasteiger partial charge >= 0.3 is 5.97 Å². The number of nitrogens with zero attached hydrogens (tertiary/aromatic N) is 1. The van der Waals surface area contributed by atoms with E-state index in [9.17, 15) is 4.79 Å². The Kier molecular flexibility index (Phi) is 5.10. The van der Waals surface area contributed by atoms with Crippen LogP contribution in [0.1, 0.15) is 5.69 Å². The number of carbonyl (C=O) groups is 1. The zero-order valence-electron chi connectivity index (χ0n) is 11.8. The fourth-order valence-corrected chi connectivity index (χ4v) is 3.35. The average Bonchev–Trinajstić information content (AvgIpc) is 2.98. The zero-order chi connectivity index (χ0) is 16.2. The molecule has 0 aliphatic rings. The van der Waals surface area contributed by atoms with E-state index in [0.29, 0.717) is 16.5 Å². The second kappa shape index (κ2) is 7.25. The Morgan fingerprint density at radius 1 is 1.22 bits per heavy atom. The van der Waals surface area contributed by atoms with E-state index >= 15 is 0 Å². The highest BCUT2D eigenvalue weighted by Gasteiger charge is 2.12. The van der Waals surface area contributed by atoms with Crippen LogP contribution in [0.2, 0.25) is 5.02 Å². The van der Waals surface area contributed by atoms with Crippen molar-refractivity contribution in [2.75, 3.05) is 0 Å². The van der Waals surface area contributed by atoms with Crippen molar-refractivity contribution in [3.05, 3.63) is 69.1 Å². The number of hydrogen-bond acceptors (Lipinski definition) is 4. The summed E-state index contributed by atoms with van der Waals surface area (Å²) in [7, 11) is 0. The largest absolute Gasteiger partial charge is 0.425 e. The molecule has 0 bridgehead atoms. The molecule has 6 heteroatoms. The number of aromatic nitrogens is 1. The zero-order valence-corrected chi connectivity index (χ0v) is 15.0. The van der Waals surface area contributed by atoms with Gasteiger partial charge in [0.05, 0.1) is 16.6 Å². The van der Waals surface area contributed by atoms with Gasteiger partial charge < -0.3 is 4.74 Å². The highest BCUT2D eigenvalue weighted by atomic mass is 79.9. The molecule has 0 radical (unpaired) electrons. The van der Waals surface area contributed by atoms with Gasteiger partial charge in [-0.05, 0) is 40.2 Å². The van der Waals surface area contributed by atoms with E-state index in [1.54, 1.807) is 6.07 Å². The van der Waals surface area contributed by atoms with Crippen LogP contribution in [0.5, 0.6) is 5.75 Å². The molecule has 3 rings (SSSR count). The van der Waals surface area contributed by atoms with E-state index in [1.807, 2.05) is 47.8 Å². The summed E-state index contributed by atoms with van der Waals surface area (Å²) < 4.78 is 6.08. The molecule has 1 heterocycles. The predicted molar refractivity (Wildman–Crippen MR) is 96.0 cm³/mol. The van der Waals surface area contributed by atoms with Crippen LogP contribution in [-0.4, -0.2) is 11.0 Å². The smallest absolute Gasteiger partial charge is 0.317 e. The maximum atomic E-state index is 12.0. The maximum absolute atomic E-state index is 12.0. The highest BCUT2D eigenvalue weighted by molar-refractivity contribution is 9.10. The molecule has 0 saturated carbocycles. The van der Waals surface area contributed by atoms with Gasteiger partial charge in [0, 0.05) is 16.0 Å². The first kappa shape index (κ1) is 16.2. The number of para-hydroxylation sites is 1. The standard InChI is InChI=1S/C17H11BrClNO2S/c18-14-6-1-2-7-15(14)22-16(21)9-13-10-23-17(20-13)11-4-3-5-12(19)8-11/h1-8,10H,9H2. The molecule has 0 N–H and O–H groups in total. The Morgan fingerprint density at radius 2 is 2.04 bits per heavy atom. The van der Waals surface area contributed by atoms with Crippen LogP contribution >= 0.6 is 38.9 Å². The summed E-state index contributed by atoms with van der Waals surface area (Å²) in [4.78, 5) is 16.5.